The van der Waals surface area contributed by atoms with Gasteiger partial charge in [-0.3, -0.25) is 4.79 Å². The Morgan fingerprint density at radius 1 is 1.17 bits per heavy atom. The van der Waals surface area contributed by atoms with Crippen molar-refractivity contribution < 1.29 is 4.79 Å². The molecule has 1 aromatic carbocycles. The van der Waals surface area contributed by atoms with E-state index in [0.717, 1.165) is 0 Å². The molecule has 7 heteroatoms. The van der Waals surface area contributed by atoms with E-state index in [0.29, 0.717) is 35.6 Å². The number of nitrogen functional groups attached to an aromatic ring is 1. The van der Waals surface area contributed by atoms with Gasteiger partial charge in [0.15, 0.2) is 11.5 Å². The quantitative estimate of drug-likeness (QED) is 0.694. The molecule has 0 atom stereocenters. The van der Waals surface area contributed by atoms with Gasteiger partial charge in [0.25, 0.3) is 5.91 Å². The van der Waals surface area contributed by atoms with Gasteiger partial charge in [-0.15, -0.1) is 0 Å². The maximum absolute atomic E-state index is 11.9. The van der Waals surface area contributed by atoms with Crippen LogP contribution in [0.3, 0.4) is 0 Å². The zero-order valence-electron chi connectivity index (χ0n) is 12.4. The van der Waals surface area contributed by atoms with E-state index in [4.69, 9.17) is 5.73 Å². The van der Waals surface area contributed by atoms with Gasteiger partial charge in [-0.25, -0.2) is 15.0 Å². The Morgan fingerprint density at radius 3 is 2.83 bits per heavy atom. The van der Waals surface area contributed by atoms with Crippen LogP contribution in [0.4, 0.5) is 5.82 Å². The van der Waals surface area contributed by atoms with Crippen LogP contribution in [0.2, 0.25) is 0 Å². The molecule has 0 aliphatic heterocycles. The molecule has 0 aliphatic rings. The van der Waals surface area contributed by atoms with Crippen molar-refractivity contribution in [2.45, 2.75) is 6.54 Å². The molecule has 0 saturated heterocycles. The first-order valence-electron chi connectivity index (χ1n) is 7.15. The highest BCUT2D eigenvalue weighted by Gasteiger charge is 2.06. The van der Waals surface area contributed by atoms with E-state index in [9.17, 15) is 4.79 Å². The number of fused-ring (bicyclic) bond motifs is 1. The summed E-state index contributed by atoms with van der Waals surface area (Å²) < 4.78 is 1.86. The van der Waals surface area contributed by atoms with Crippen LogP contribution in [0.5, 0.6) is 0 Å². The number of carbonyl (C=O) groups excluding carboxylic acids is 1. The van der Waals surface area contributed by atoms with Gasteiger partial charge in [0, 0.05) is 18.7 Å². The fourth-order valence-electron chi connectivity index (χ4n) is 2.15. The van der Waals surface area contributed by atoms with Crippen molar-refractivity contribution in [3.8, 4) is 0 Å². The number of allylic oxidation sites excluding steroid dienone is 1. The lowest BCUT2D eigenvalue weighted by atomic mass is 10.2. The number of nitrogens with two attached hydrogens (primary N) is 1. The van der Waals surface area contributed by atoms with Crippen molar-refractivity contribution in [2.24, 2.45) is 0 Å². The molecule has 1 amide bonds. The van der Waals surface area contributed by atoms with E-state index in [2.05, 4.69) is 20.3 Å². The molecule has 0 bridgehead atoms. The Morgan fingerprint density at radius 2 is 2.00 bits per heavy atom. The second-order valence-electron chi connectivity index (χ2n) is 4.88. The smallest absolute Gasteiger partial charge is 0.251 e. The van der Waals surface area contributed by atoms with E-state index < -0.39 is 0 Å². The highest BCUT2D eigenvalue weighted by molar-refractivity contribution is 5.94. The summed E-state index contributed by atoms with van der Waals surface area (Å²) in [5.74, 6) is 0.275. The number of rotatable bonds is 5. The fraction of sp³-hybridized carbons (Fsp3) is 0.125. The van der Waals surface area contributed by atoms with Crippen molar-refractivity contribution in [3.05, 3.63) is 60.7 Å². The lowest BCUT2D eigenvalue weighted by Gasteiger charge is -2.02. The minimum atomic E-state index is -0.0937. The van der Waals surface area contributed by atoms with Crippen LogP contribution < -0.4 is 11.1 Å². The molecular formula is C16H16N6O. The third-order valence-electron chi connectivity index (χ3n) is 3.31. The molecule has 0 radical (unpaired) electrons. The predicted octanol–water partition coefficient (Wildman–Crippen LogP) is 1.39. The number of aromatic nitrogens is 4. The van der Waals surface area contributed by atoms with Gasteiger partial charge in [0.1, 0.15) is 11.8 Å². The molecule has 3 aromatic rings. The topological polar surface area (TPSA) is 98.7 Å². The predicted molar refractivity (Wildman–Crippen MR) is 87.7 cm³/mol. The summed E-state index contributed by atoms with van der Waals surface area (Å²) in [4.78, 5) is 24.1. The molecule has 2 aromatic heterocycles. The number of nitrogens with one attached hydrogen (secondary N) is 1. The summed E-state index contributed by atoms with van der Waals surface area (Å²) >= 11 is 0. The van der Waals surface area contributed by atoms with Crippen molar-refractivity contribution >= 4 is 22.9 Å². The molecule has 2 heterocycles. The largest absolute Gasteiger partial charge is 0.382 e. The third-order valence-corrected chi connectivity index (χ3v) is 3.31. The van der Waals surface area contributed by atoms with Gasteiger partial charge in [-0.1, -0.05) is 30.4 Å². The normalized spacial score (nSPS) is 11.1. The molecule has 7 nitrogen and oxygen atoms in total. The zero-order valence-corrected chi connectivity index (χ0v) is 12.4. The van der Waals surface area contributed by atoms with Gasteiger partial charge in [-0.2, -0.15) is 0 Å². The van der Waals surface area contributed by atoms with Crippen molar-refractivity contribution in [2.75, 3.05) is 12.3 Å². The second kappa shape index (κ2) is 6.69. The maximum atomic E-state index is 11.9. The number of hydrogen-bond donors (Lipinski definition) is 2. The van der Waals surface area contributed by atoms with Crippen LogP contribution in [0.1, 0.15) is 10.4 Å². The first-order chi connectivity index (χ1) is 11.3. The van der Waals surface area contributed by atoms with E-state index in [1.807, 2.05) is 34.9 Å². The number of benzene rings is 1. The lowest BCUT2D eigenvalue weighted by molar-refractivity contribution is 0.0958. The van der Waals surface area contributed by atoms with Gasteiger partial charge in [0.2, 0.25) is 0 Å². The molecule has 0 saturated carbocycles. The molecule has 23 heavy (non-hydrogen) atoms. The van der Waals surface area contributed by atoms with Gasteiger partial charge in [-0.05, 0) is 12.1 Å². The summed E-state index contributed by atoms with van der Waals surface area (Å²) in [5.41, 5.74) is 7.67. The maximum Gasteiger partial charge on any atom is 0.251 e. The summed E-state index contributed by atoms with van der Waals surface area (Å²) in [7, 11) is 0. The summed E-state index contributed by atoms with van der Waals surface area (Å²) in [5, 5.41) is 2.83. The number of imidazole rings is 1. The number of nitrogens with zero attached hydrogens (tertiary/aromatic N) is 4. The lowest BCUT2D eigenvalue weighted by Crippen LogP contribution is -2.23. The van der Waals surface area contributed by atoms with Gasteiger partial charge >= 0.3 is 0 Å². The Balaban J connectivity index is 1.55. The molecule has 116 valence electrons. The SMILES string of the molecule is Nc1ncnc2c1ncn2C/C=C\CNC(=O)c1ccccc1. The monoisotopic (exact) mass is 308 g/mol. The molecule has 0 spiro atoms. The number of anilines is 1. The summed E-state index contributed by atoms with van der Waals surface area (Å²) in [6, 6.07) is 9.11. The highest BCUT2D eigenvalue weighted by atomic mass is 16.1. The highest BCUT2D eigenvalue weighted by Crippen LogP contribution is 2.13. The van der Waals surface area contributed by atoms with Crippen LogP contribution in [0, 0.1) is 0 Å². The van der Waals surface area contributed by atoms with Crippen LogP contribution in [0.15, 0.2) is 55.1 Å². The van der Waals surface area contributed by atoms with Crippen LogP contribution in [0.25, 0.3) is 11.2 Å². The summed E-state index contributed by atoms with van der Waals surface area (Å²) in [6.45, 7) is 1.05. The molecule has 3 rings (SSSR count). The molecule has 0 unspecified atom stereocenters. The standard InChI is InChI=1S/C16H16N6O/c17-14-13-15(20-10-19-14)22(11-21-13)9-5-4-8-18-16(23)12-6-2-1-3-7-12/h1-7,10-11H,8-9H2,(H,18,23)(H2,17,19,20)/b5-4-. The number of amides is 1. The Hall–Kier alpha value is -3.22. The molecule has 0 fully saturated rings. The van der Waals surface area contributed by atoms with Gasteiger partial charge < -0.3 is 15.6 Å². The van der Waals surface area contributed by atoms with Crippen molar-refractivity contribution in [1.29, 1.82) is 0 Å². The minimum absolute atomic E-state index is 0.0937. The van der Waals surface area contributed by atoms with Crippen molar-refractivity contribution in [3.63, 3.8) is 0 Å². The minimum Gasteiger partial charge on any atom is -0.382 e. The van der Waals surface area contributed by atoms with E-state index in [1.165, 1.54) is 6.33 Å². The fourth-order valence-corrected chi connectivity index (χ4v) is 2.15. The Bertz CT molecular complexity index is 840. The molecule has 3 N–H and O–H groups in total. The average molecular weight is 308 g/mol. The first-order valence-corrected chi connectivity index (χ1v) is 7.15. The van der Waals surface area contributed by atoms with E-state index in [1.54, 1.807) is 18.5 Å². The molecule has 0 aliphatic carbocycles. The average Bonchev–Trinajstić information content (AvgIpc) is 3.00. The first kappa shape index (κ1) is 14.7. The van der Waals surface area contributed by atoms with E-state index >= 15 is 0 Å². The molecular weight excluding hydrogens is 292 g/mol. The van der Waals surface area contributed by atoms with Crippen LogP contribution >= 0.6 is 0 Å². The Kier molecular flexibility index (Phi) is 4.28. The zero-order chi connectivity index (χ0) is 16.1. The number of carbonyl (C=O) groups is 1. The third kappa shape index (κ3) is 3.34. The van der Waals surface area contributed by atoms with Crippen molar-refractivity contribution in [1.82, 2.24) is 24.8 Å². The number of hydrogen-bond acceptors (Lipinski definition) is 5. The second-order valence-corrected chi connectivity index (χ2v) is 4.88. The van der Waals surface area contributed by atoms with E-state index in [-0.39, 0.29) is 5.91 Å². The van der Waals surface area contributed by atoms with Crippen LogP contribution in [-0.4, -0.2) is 32.0 Å². The summed E-state index contributed by atoms with van der Waals surface area (Å²) in [6.07, 6.45) is 6.91. The Labute approximate surface area is 132 Å². The van der Waals surface area contributed by atoms with Gasteiger partial charge in [0.05, 0.1) is 6.33 Å². The van der Waals surface area contributed by atoms with Crippen LogP contribution in [-0.2, 0) is 6.54 Å².